The highest BCUT2D eigenvalue weighted by molar-refractivity contribution is 5.98. The van der Waals surface area contributed by atoms with E-state index in [1.54, 1.807) is 30.7 Å². The van der Waals surface area contributed by atoms with Crippen LogP contribution in [-0.2, 0) is 13.1 Å². The van der Waals surface area contributed by atoms with Gasteiger partial charge in [-0.3, -0.25) is 15.1 Å². The maximum absolute atomic E-state index is 16.1. The van der Waals surface area contributed by atoms with E-state index in [1.807, 2.05) is 42.5 Å². The van der Waals surface area contributed by atoms with Gasteiger partial charge < -0.3 is 10.3 Å². The monoisotopic (exact) mass is 543 g/mol. The number of rotatable bonds is 7. The van der Waals surface area contributed by atoms with E-state index in [1.165, 1.54) is 17.7 Å². The number of benzene rings is 3. The molecule has 41 heavy (non-hydrogen) atoms. The highest BCUT2D eigenvalue weighted by atomic mass is 19.1. The second-order valence-corrected chi connectivity index (χ2v) is 9.75. The van der Waals surface area contributed by atoms with E-state index >= 15 is 4.39 Å². The summed E-state index contributed by atoms with van der Waals surface area (Å²) < 4.78 is 29.6. The number of para-hydroxylation sites is 1. The molecule has 0 radical (unpaired) electrons. The zero-order valence-corrected chi connectivity index (χ0v) is 21.7. The van der Waals surface area contributed by atoms with Crippen LogP contribution in [0.25, 0.3) is 55.8 Å². The molecule has 0 amide bonds. The summed E-state index contributed by atoms with van der Waals surface area (Å²) in [5.41, 5.74) is 6.73. The van der Waals surface area contributed by atoms with Crippen molar-refractivity contribution in [1.82, 2.24) is 35.5 Å². The Balaban J connectivity index is 1.23. The van der Waals surface area contributed by atoms with Crippen LogP contribution in [0.5, 0.6) is 0 Å². The molecule has 0 bridgehead atoms. The second-order valence-electron chi connectivity index (χ2n) is 9.75. The van der Waals surface area contributed by atoms with Crippen LogP contribution in [-0.4, -0.2) is 30.1 Å². The van der Waals surface area contributed by atoms with Crippen LogP contribution in [0.2, 0.25) is 0 Å². The molecule has 3 aromatic carbocycles. The van der Waals surface area contributed by atoms with Gasteiger partial charge in [-0.1, -0.05) is 54.6 Å². The molecule has 7 aromatic rings. The third kappa shape index (κ3) is 4.72. The van der Waals surface area contributed by atoms with E-state index in [0.29, 0.717) is 41.2 Å². The molecule has 4 heterocycles. The van der Waals surface area contributed by atoms with E-state index in [0.717, 1.165) is 22.2 Å². The van der Waals surface area contributed by atoms with Crippen molar-refractivity contribution in [3.8, 4) is 33.9 Å². The van der Waals surface area contributed by atoms with Gasteiger partial charge in [-0.15, -0.1) is 0 Å². The first-order valence-corrected chi connectivity index (χ1v) is 13.1. The van der Waals surface area contributed by atoms with Crippen molar-refractivity contribution in [3.05, 3.63) is 120 Å². The van der Waals surface area contributed by atoms with E-state index in [9.17, 15) is 4.39 Å². The highest BCUT2D eigenvalue weighted by Crippen LogP contribution is 2.34. The molecule has 0 aliphatic carbocycles. The molecule has 0 spiro atoms. The second kappa shape index (κ2) is 10.4. The van der Waals surface area contributed by atoms with Crippen LogP contribution < -0.4 is 5.32 Å². The lowest BCUT2D eigenvalue weighted by Crippen LogP contribution is -2.12. The van der Waals surface area contributed by atoms with Gasteiger partial charge in [0.05, 0.1) is 28.1 Å². The summed E-state index contributed by atoms with van der Waals surface area (Å²) in [6.45, 7) is 1.29. The van der Waals surface area contributed by atoms with Crippen molar-refractivity contribution in [2.24, 2.45) is 0 Å². The van der Waals surface area contributed by atoms with Crippen molar-refractivity contribution in [1.29, 1.82) is 0 Å². The lowest BCUT2D eigenvalue weighted by atomic mass is 10.0. The van der Waals surface area contributed by atoms with E-state index in [2.05, 4.69) is 42.6 Å². The fourth-order valence-electron chi connectivity index (χ4n) is 5.02. The number of hydrogen-bond acceptors (Lipinski definition) is 5. The predicted octanol–water partition coefficient (Wildman–Crippen LogP) is 6.80. The Labute approximate surface area is 233 Å². The van der Waals surface area contributed by atoms with Gasteiger partial charge in [-0.25, -0.2) is 13.8 Å². The molecule has 0 atom stereocenters. The number of hydrogen-bond donors (Lipinski definition) is 3. The van der Waals surface area contributed by atoms with Gasteiger partial charge in [0, 0.05) is 36.6 Å². The van der Waals surface area contributed by atoms with Crippen LogP contribution in [0.15, 0.2) is 97.5 Å². The van der Waals surface area contributed by atoms with Gasteiger partial charge in [-0.2, -0.15) is 5.10 Å². The van der Waals surface area contributed by atoms with Crippen molar-refractivity contribution in [2.75, 3.05) is 0 Å². The van der Waals surface area contributed by atoms with Gasteiger partial charge in [0.15, 0.2) is 11.6 Å². The Kier molecular flexibility index (Phi) is 6.25. The number of fused-ring (bicyclic) bond motifs is 2. The maximum atomic E-state index is 16.1. The van der Waals surface area contributed by atoms with Gasteiger partial charge >= 0.3 is 0 Å². The minimum Gasteiger partial charge on any atom is -0.337 e. The number of aromatic nitrogens is 6. The summed E-state index contributed by atoms with van der Waals surface area (Å²) in [6, 6.07) is 23.9. The first-order valence-electron chi connectivity index (χ1n) is 13.1. The van der Waals surface area contributed by atoms with Gasteiger partial charge in [0.2, 0.25) is 0 Å². The number of aromatic amines is 2. The molecule has 0 aliphatic heterocycles. The molecule has 0 saturated heterocycles. The van der Waals surface area contributed by atoms with Crippen LogP contribution in [0.4, 0.5) is 8.78 Å². The Hall–Kier alpha value is -5.28. The third-order valence-corrected chi connectivity index (χ3v) is 7.01. The first kappa shape index (κ1) is 24.7. The minimum atomic E-state index is -0.512. The Morgan fingerprint density at radius 3 is 2.41 bits per heavy atom. The number of H-pyrrole nitrogens is 2. The molecule has 4 aromatic heterocycles. The molecule has 7 nitrogen and oxygen atoms in total. The number of halogens is 2. The largest absolute Gasteiger partial charge is 0.337 e. The lowest BCUT2D eigenvalue weighted by molar-refractivity contribution is 0.628. The molecule has 0 fully saturated rings. The average molecular weight is 544 g/mol. The number of nitrogens with zero attached hydrogens (tertiary/aromatic N) is 4. The summed E-state index contributed by atoms with van der Waals surface area (Å²) in [6.07, 6.45) is 4.93. The molecule has 200 valence electrons. The molecular formula is C32H23F2N7. The van der Waals surface area contributed by atoms with Crippen LogP contribution in [0, 0.1) is 11.6 Å². The summed E-state index contributed by atoms with van der Waals surface area (Å²) in [5, 5.41) is 10.9. The van der Waals surface area contributed by atoms with Crippen LogP contribution in [0.3, 0.4) is 0 Å². The van der Waals surface area contributed by atoms with Crippen LogP contribution >= 0.6 is 0 Å². The Morgan fingerprint density at radius 1 is 0.732 bits per heavy atom. The molecule has 0 aliphatic rings. The smallest absolute Gasteiger partial charge is 0.161 e. The fourth-order valence-corrected chi connectivity index (χ4v) is 5.02. The van der Waals surface area contributed by atoms with Gasteiger partial charge in [0.1, 0.15) is 17.2 Å². The van der Waals surface area contributed by atoms with Crippen molar-refractivity contribution in [3.63, 3.8) is 0 Å². The SMILES string of the molecule is Fc1ccc(-c2cccc3[nH]c(-c4n[nH]c5cnc(-c6cncc(CNCc7ccccc7)c6)c(F)c45)nc23)cc1. The molecule has 9 heteroatoms. The first-order chi connectivity index (χ1) is 20.1. The quantitative estimate of drug-likeness (QED) is 0.206. The molecule has 3 N–H and O–H groups in total. The topological polar surface area (TPSA) is 95.2 Å². The third-order valence-electron chi connectivity index (χ3n) is 7.01. The standard InChI is InChI=1S/C32H23F2N7/c33-23-11-9-21(10-12-23)24-7-4-8-25-30(24)39-32(38-25)31-27-26(40-41-31)18-37-29(28(27)34)22-13-20(16-36-17-22)15-35-14-19-5-2-1-3-6-19/h1-13,16-18,35H,14-15H2,(H,38,39)(H,40,41). The van der Waals surface area contributed by atoms with Gasteiger partial charge in [-0.05, 0) is 41.0 Å². The summed E-state index contributed by atoms with van der Waals surface area (Å²) >= 11 is 0. The average Bonchev–Trinajstić information content (AvgIpc) is 3.63. The number of imidazole rings is 1. The summed E-state index contributed by atoms with van der Waals surface area (Å²) in [4.78, 5) is 16.8. The zero-order valence-electron chi connectivity index (χ0n) is 21.7. The lowest BCUT2D eigenvalue weighted by Gasteiger charge is -2.08. The van der Waals surface area contributed by atoms with E-state index < -0.39 is 5.82 Å². The highest BCUT2D eigenvalue weighted by Gasteiger charge is 2.21. The van der Waals surface area contributed by atoms with E-state index in [4.69, 9.17) is 4.98 Å². The minimum absolute atomic E-state index is 0.181. The Bertz CT molecular complexity index is 2000. The van der Waals surface area contributed by atoms with Crippen molar-refractivity contribution in [2.45, 2.75) is 13.1 Å². The molecule has 0 saturated carbocycles. The van der Waals surface area contributed by atoms with Crippen molar-refractivity contribution >= 4 is 21.9 Å². The van der Waals surface area contributed by atoms with Crippen LogP contribution in [0.1, 0.15) is 11.1 Å². The number of nitrogens with one attached hydrogen (secondary N) is 3. The summed E-state index contributed by atoms with van der Waals surface area (Å²) in [7, 11) is 0. The zero-order chi connectivity index (χ0) is 27.8. The molecule has 0 unspecified atom stereocenters. The Morgan fingerprint density at radius 2 is 1.56 bits per heavy atom. The fraction of sp³-hybridized carbons (Fsp3) is 0.0625. The predicted molar refractivity (Wildman–Crippen MR) is 155 cm³/mol. The van der Waals surface area contributed by atoms with E-state index in [-0.39, 0.29) is 16.9 Å². The normalized spacial score (nSPS) is 11.5. The summed E-state index contributed by atoms with van der Waals surface area (Å²) in [5.74, 6) is -0.411. The van der Waals surface area contributed by atoms with Crippen molar-refractivity contribution < 1.29 is 8.78 Å². The van der Waals surface area contributed by atoms with Gasteiger partial charge in [0.25, 0.3) is 0 Å². The molecular weight excluding hydrogens is 520 g/mol. The maximum Gasteiger partial charge on any atom is 0.161 e. The number of pyridine rings is 2. The molecule has 7 rings (SSSR count).